The average Bonchev–Trinajstić information content (AvgIpc) is 2.65. The first-order chi connectivity index (χ1) is 10.2. The summed E-state index contributed by atoms with van der Waals surface area (Å²) in [6.07, 6.45) is 6.80. The molecular formula is C17H20N2O2. The van der Waals surface area contributed by atoms with E-state index in [1.165, 1.54) is 0 Å². The fraction of sp³-hybridized carbons (Fsp3) is 0.412. The zero-order valence-electron chi connectivity index (χ0n) is 12.2. The van der Waals surface area contributed by atoms with E-state index in [0.717, 1.165) is 30.5 Å². The zero-order chi connectivity index (χ0) is 14.8. The molecule has 1 N–H and O–H groups in total. The number of rotatable bonds is 1. The van der Waals surface area contributed by atoms with Crippen molar-refractivity contribution in [1.29, 1.82) is 0 Å². The molecule has 1 aliphatic heterocycles. The number of carbonyl (C=O) groups is 2. The van der Waals surface area contributed by atoms with Gasteiger partial charge in [-0.1, -0.05) is 30.4 Å². The van der Waals surface area contributed by atoms with Gasteiger partial charge in [0.1, 0.15) is 6.04 Å². The number of anilines is 1. The van der Waals surface area contributed by atoms with E-state index in [4.69, 9.17) is 0 Å². The normalized spacial score (nSPS) is 25.0. The van der Waals surface area contributed by atoms with Crippen LogP contribution in [-0.2, 0) is 16.1 Å². The van der Waals surface area contributed by atoms with Gasteiger partial charge in [-0.25, -0.2) is 0 Å². The van der Waals surface area contributed by atoms with Gasteiger partial charge in [0.25, 0.3) is 0 Å². The SMILES string of the molecule is CC1C(=O)Nc2ccccc2CN1C(=O)C1CC=CCC1. The summed E-state index contributed by atoms with van der Waals surface area (Å²) in [7, 11) is 0. The molecule has 0 saturated heterocycles. The number of allylic oxidation sites excluding steroid dienone is 2. The van der Waals surface area contributed by atoms with Crippen LogP contribution in [0, 0.1) is 5.92 Å². The van der Waals surface area contributed by atoms with Crippen LogP contribution in [0.4, 0.5) is 5.69 Å². The first-order valence-electron chi connectivity index (χ1n) is 7.51. The van der Waals surface area contributed by atoms with E-state index in [2.05, 4.69) is 17.5 Å². The molecule has 2 atom stereocenters. The van der Waals surface area contributed by atoms with Gasteiger partial charge in [0.15, 0.2) is 0 Å². The summed E-state index contributed by atoms with van der Waals surface area (Å²) < 4.78 is 0. The molecule has 1 aliphatic carbocycles. The minimum Gasteiger partial charge on any atom is -0.326 e. The molecule has 0 fully saturated rings. The molecule has 0 radical (unpaired) electrons. The highest BCUT2D eigenvalue weighted by molar-refractivity contribution is 5.98. The second-order valence-corrected chi connectivity index (χ2v) is 5.77. The van der Waals surface area contributed by atoms with Gasteiger partial charge in [0, 0.05) is 18.2 Å². The van der Waals surface area contributed by atoms with Crippen LogP contribution in [0.15, 0.2) is 36.4 Å². The highest BCUT2D eigenvalue weighted by atomic mass is 16.2. The molecule has 4 nitrogen and oxygen atoms in total. The maximum atomic E-state index is 12.8. The molecule has 21 heavy (non-hydrogen) atoms. The summed E-state index contributed by atoms with van der Waals surface area (Å²) in [4.78, 5) is 26.8. The third-order valence-electron chi connectivity index (χ3n) is 4.36. The molecule has 0 saturated carbocycles. The van der Waals surface area contributed by atoms with Gasteiger partial charge in [-0.3, -0.25) is 9.59 Å². The molecule has 2 amide bonds. The smallest absolute Gasteiger partial charge is 0.246 e. The number of fused-ring (bicyclic) bond motifs is 1. The summed E-state index contributed by atoms with van der Waals surface area (Å²) in [6, 6.07) is 7.25. The van der Waals surface area contributed by atoms with Crippen molar-refractivity contribution in [2.45, 2.75) is 38.8 Å². The van der Waals surface area contributed by atoms with E-state index in [9.17, 15) is 9.59 Å². The van der Waals surface area contributed by atoms with Crippen molar-refractivity contribution in [3.05, 3.63) is 42.0 Å². The first-order valence-corrected chi connectivity index (χ1v) is 7.51. The summed E-state index contributed by atoms with van der Waals surface area (Å²) in [5.41, 5.74) is 1.81. The number of hydrogen-bond acceptors (Lipinski definition) is 2. The van der Waals surface area contributed by atoms with Gasteiger partial charge in [-0.15, -0.1) is 0 Å². The molecular weight excluding hydrogens is 264 g/mol. The Bertz CT molecular complexity index is 594. The van der Waals surface area contributed by atoms with Crippen molar-refractivity contribution < 1.29 is 9.59 Å². The third-order valence-corrected chi connectivity index (χ3v) is 4.36. The summed E-state index contributed by atoms with van der Waals surface area (Å²) in [5, 5.41) is 2.91. The molecule has 0 bridgehead atoms. The zero-order valence-corrected chi connectivity index (χ0v) is 12.2. The standard InChI is InChI=1S/C17H20N2O2/c1-12-16(20)18-15-10-6-5-9-14(15)11-19(12)17(21)13-7-3-2-4-8-13/h2-3,5-6,9-10,12-13H,4,7-8,11H2,1H3,(H,18,20). The van der Waals surface area contributed by atoms with Crippen molar-refractivity contribution in [3.8, 4) is 0 Å². The van der Waals surface area contributed by atoms with Crippen LogP contribution in [-0.4, -0.2) is 22.8 Å². The molecule has 1 aromatic carbocycles. The van der Waals surface area contributed by atoms with Crippen LogP contribution < -0.4 is 5.32 Å². The molecule has 4 heteroatoms. The summed E-state index contributed by atoms with van der Waals surface area (Å²) in [6.45, 7) is 2.30. The van der Waals surface area contributed by atoms with Gasteiger partial charge in [0.05, 0.1) is 0 Å². The first kappa shape index (κ1) is 13.9. The largest absolute Gasteiger partial charge is 0.326 e. The Morgan fingerprint density at radius 1 is 1.29 bits per heavy atom. The van der Waals surface area contributed by atoms with Crippen LogP contribution in [0.25, 0.3) is 0 Å². The second-order valence-electron chi connectivity index (χ2n) is 5.77. The van der Waals surface area contributed by atoms with Crippen LogP contribution in [0.5, 0.6) is 0 Å². The van der Waals surface area contributed by atoms with Crippen molar-refractivity contribution >= 4 is 17.5 Å². The molecule has 2 unspecified atom stereocenters. The lowest BCUT2D eigenvalue weighted by atomic mass is 9.92. The molecule has 1 aromatic rings. The van der Waals surface area contributed by atoms with Crippen LogP contribution in [0.2, 0.25) is 0 Å². The maximum Gasteiger partial charge on any atom is 0.246 e. The van der Waals surface area contributed by atoms with E-state index in [1.54, 1.807) is 11.8 Å². The number of benzene rings is 1. The number of nitrogens with zero attached hydrogens (tertiary/aromatic N) is 1. The fourth-order valence-corrected chi connectivity index (χ4v) is 3.00. The molecule has 110 valence electrons. The molecule has 0 aromatic heterocycles. The maximum absolute atomic E-state index is 12.8. The van der Waals surface area contributed by atoms with E-state index >= 15 is 0 Å². The highest BCUT2D eigenvalue weighted by Crippen LogP contribution is 2.27. The quantitative estimate of drug-likeness (QED) is 0.806. The Balaban J connectivity index is 1.88. The number of para-hydroxylation sites is 1. The predicted molar refractivity (Wildman–Crippen MR) is 81.6 cm³/mol. The molecule has 0 spiro atoms. The predicted octanol–water partition coefficient (Wildman–Crippen LogP) is 2.71. The Morgan fingerprint density at radius 3 is 2.86 bits per heavy atom. The summed E-state index contributed by atoms with van der Waals surface area (Å²) >= 11 is 0. The van der Waals surface area contributed by atoms with Gasteiger partial charge >= 0.3 is 0 Å². The van der Waals surface area contributed by atoms with Crippen LogP contribution in [0.1, 0.15) is 31.7 Å². The lowest BCUT2D eigenvalue weighted by Gasteiger charge is -2.30. The Labute approximate surface area is 124 Å². The van der Waals surface area contributed by atoms with E-state index in [0.29, 0.717) is 6.54 Å². The number of hydrogen-bond donors (Lipinski definition) is 1. The lowest BCUT2D eigenvalue weighted by molar-refractivity contribution is -0.142. The highest BCUT2D eigenvalue weighted by Gasteiger charge is 2.33. The summed E-state index contributed by atoms with van der Waals surface area (Å²) in [5.74, 6) is -0.00568. The van der Waals surface area contributed by atoms with Crippen molar-refractivity contribution in [1.82, 2.24) is 4.90 Å². The topological polar surface area (TPSA) is 49.4 Å². The lowest BCUT2D eigenvalue weighted by Crippen LogP contribution is -2.46. The fourth-order valence-electron chi connectivity index (χ4n) is 3.00. The van der Waals surface area contributed by atoms with Crippen LogP contribution >= 0.6 is 0 Å². The van der Waals surface area contributed by atoms with Gasteiger partial charge in [-0.2, -0.15) is 0 Å². The monoisotopic (exact) mass is 284 g/mol. The number of nitrogens with one attached hydrogen (secondary N) is 1. The van der Waals surface area contributed by atoms with E-state index in [-0.39, 0.29) is 17.7 Å². The molecule has 2 aliphatic rings. The van der Waals surface area contributed by atoms with Crippen LogP contribution in [0.3, 0.4) is 0 Å². The molecule has 3 rings (SSSR count). The van der Waals surface area contributed by atoms with Gasteiger partial charge in [0.2, 0.25) is 11.8 Å². The van der Waals surface area contributed by atoms with E-state index < -0.39 is 6.04 Å². The second kappa shape index (κ2) is 5.72. The van der Waals surface area contributed by atoms with Gasteiger partial charge < -0.3 is 10.2 Å². The number of carbonyl (C=O) groups excluding carboxylic acids is 2. The van der Waals surface area contributed by atoms with Crippen molar-refractivity contribution in [2.75, 3.05) is 5.32 Å². The minimum atomic E-state index is -0.434. The number of amides is 2. The van der Waals surface area contributed by atoms with Crippen molar-refractivity contribution in [3.63, 3.8) is 0 Å². The Hall–Kier alpha value is -2.10. The average molecular weight is 284 g/mol. The van der Waals surface area contributed by atoms with E-state index in [1.807, 2.05) is 24.3 Å². The Morgan fingerprint density at radius 2 is 2.10 bits per heavy atom. The van der Waals surface area contributed by atoms with Gasteiger partial charge in [-0.05, 0) is 37.8 Å². The molecule has 1 heterocycles. The minimum absolute atomic E-state index is 0.00973. The Kier molecular flexibility index (Phi) is 3.78. The third kappa shape index (κ3) is 2.71. The van der Waals surface area contributed by atoms with Crippen molar-refractivity contribution in [2.24, 2.45) is 5.92 Å².